The van der Waals surface area contributed by atoms with Crippen molar-refractivity contribution in [2.24, 2.45) is 0 Å². The smallest absolute Gasteiger partial charge is 0.261 e. The fourth-order valence-corrected chi connectivity index (χ4v) is 2.80. The van der Waals surface area contributed by atoms with E-state index in [1.807, 2.05) is 39.0 Å². The van der Waals surface area contributed by atoms with E-state index in [0.717, 1.165) is 23.1 Å². The van der Waals surface area contributed by atoms with Gasteiger partial charge in [-0.3, -0.25) is 9.59 Å². The number of nitrogens with one attached hydrogen (secondary N) is 1. The quantitative estimate of drug-likeness (QED) is 0.697. The van der Waals surface area contributed by atoms with E-state index in [1.165, 1.54) is 17.0 Å². The Bertz CT molecular complexity index is 837. The number of carbonyl (C=O) groups excluding carboxylic acids is 2. The lowest BCUT2D eigenvalue weighted by Gasteiger charge is -2.28. The van der Waals surface area contributed by atoms with Crippen molar-refractivity contribution in [3.05, 3.63) is 65.0 Å². The molecule has 0 saturated heterocycles. The van der Waals surface area contributed by atoms with Gasteiger partial charge >= 0.3 is 0 Å². The molecule has 0 saturated carbocycles. The number of hydrogen-bond acceptors (Lipinski definition) is 3. The summed E-state index contributed by atoms with van der Waals surface area (Å²) >= 11 is 0. The van der Waals surface area contributed by atoms with Crippen LogP contribution in [0.1, 0.15) is 37.0 Å². The summed E-state index contributed by atoms with van der Waals surface area (Å²) in [4.78, 5) is 26.8. The fraction of sp³-hybridized carbons (Fsp3) is 0.391. The zero-order valence-electron chi connectivity index (χ0n) is 17.5. The number of carbonyl (C=O) groups is 2. The molecule has 0 heterocycles. The molecule has 5 nitrogen and oxygen atoms in total. The minimum Gasteiger partial charge on any atom is -0.484 e. The second-order valence-corrected chi connectivity index (χ2v) is 7.15. The summed E-state index contributed by atoms with van der Waals surface area (Å²) in [7, 11) is 0. The summed E-state index contributed by atoms with van der Waals surface area (Å²) < 4.78 is 18.9. The summed E-state index contributed by atoms with van der Waals surface area (Å²) in [6.45, 7) is 8.18. The van der Waals surface area contributed by atoms with Crippen LogP contribution >= 0.6 is 0 Å². The SMILES string of the molecule is CCCNC(=O)[C@@H](C)N(Cc1ccc(F)cc1)C(=O)COc1ccc(C)c(C)c1. The maximum absolute atomic E-state index is 13.2. The molecule has 2 rings (SSSR count). The first kappa shape index (κ1) is 22.4. The molecular formula is C23H29FN2O3. The van der Waals surface area contributed by atoms with Crippen LogP contribution in [0.25, 0.3) is 0 Å². The number of benzene rings is 2. The number of aryl methyl sites for hydroxylation is 2. The third-order valence-electron chi connectivity index (χ3n) is 4.82. The van der Waals surface area contributed by atoms with Crippen molar-refractivity contribution in [2.45, 2.75) is 46.7 Å². The first-order chi connectivity index (χ1) is 13.8. The zero-order valence-corrected chi connectivity index (χ0v) is 17.5. The summed E-state index contributed by atoms with van der Waals surface area (Å²) in [6.07, 6.45) is 0.806. The van der Waals surface area contributed by atoms with Gasteiger partial charge in [0, 0.05) is 13.1 Å². The summed E-state index contributed by atoms with van der Waals surface area (Å²) in [5, 5.41) is 2.82. The van der Waals surface area contributed by atoms with Crippen molar-refractivity contribution >= 4 is 11.8 Å². The van der Waals surface area contributed by atoms with Crippen LogP contribution < -0.4 is 10.1 Å². The van der Waals surface area contributed by atoms with Gasteiger partial charge in [0.05, 0.1) is 0 Å². The standard InChI is InChI=1S/C23H29FN2O3/c1-5-12-25-23(28)18(4)26(14-19-7-9-20(24)10-8-19)22(27)15-29-21-11-6-16(2)17(3)13-21/h6-11,13,18H,5,12,14-15H2,1-4H3,(H,25,28)/t18-/m1/s1. The Hall–Kier alpha value is -2.89. The van der Waals surface area contributed by atoms with Gasteiger partial charge in [-0.2, -0.15) is 0 Å². The number of ether oxygens (including phenoxy) is 1. The molecule has 0 aliphatic heterocycles. The molecule has 0 aliphatic rings. The van der Waals surface area contributed by atoms with Gasteiger partial charge in [-0.15, -0.1) is 0 Å². The van der Waals surface area contributed by atoms with Crippen LogP contribution in [0.15, 0.2) is 42.5 Å². The molecule has 2 amide bonds. The lowest BCUT2D eigenvalue weighted by atomic mass is 10.1. The van der Waals surface area contributed by atoms with Crippen LogP contribution in [0.3, 0.4) is 0 Å². The molecule has 0 aromatic heterocycles. The van der Waals surface area contributed by atoms with E-state index in [-0.39, 0.29) is 30.8 Å². The predicted molar refractivity (Wildman–Crippen MR) is 111 cm³/mol. The van der Waals surface area contributed by atoms with Gasteiger partial charge in [-0.25, -0.2) is 4.39 Å². The Balaban J connectivity index is 2.13. The lowest BCUT2D eigenvalue weighted by molar-refractivity contribution is -0.142. The van der Waals surface area contributed by atoms with E-state index in [9.17, 15) is 14.0 Å². The fourth-order valence-electron chi connectivity index (χ4n) is 2.80. The Morgan fingerprint density at radius 3 is 2.41 bits per heavy atom. The molecule has 1 N–H and O–H groups in total. The monoisotopic (exact) mass is 400 g/mol. The number of amides is 2. The zero-order chi connectivity index (χ0) is 21.4. The van der Waals surface area contributed by atoms with E-state index in [4.69, 9.17) is 4.74 Å². The lowest BCUT2D eigenvalue weighted by Crippen LogP contribution is -2.49. The normalized spacial score (nSPS) is 11.6. The number of hydrogen-bond donors (Lipinski definition) is 1. The average molecular weight is 400 g/mol. The van der Waals surface area contributed by atoms with Crippen LogP contribution in [0.5, 0.6) is 5.75 Å². The highest BCUT2D eigenvalue weighted by Crippen LogP contribution is 2.17. The molecule has 29 heavy (non-hydrogen) atoms. The highest BCUT2D eigenvalue weighted by molar-refractivity contribution is 5.87. The molecule has 0 radical (unpaired) electrons. The number of nitrogens with zero attached hydrogens (tertiary/aromatic N) is 1. The minimum atomic E-state index is -0.678. The Kier molecular flexibility index (Phi) is 8.19. The molecule has 0 spiro atoms. The van der Waals surface area contributed by atoms with E-state index in [0.29, 0.717) is 12.3 Å². The van der Waals surface area contributed by atoms with Gasteiger partial charge in [0.15, 0.2) is 6.61 Å². The summed E-state index contributed by atoms with van der Waals surface area (Å²) in [5.74, 6) is -0.287. The minimum absolute atomic E-state index is 0.185. The topological polar surface area (TPSA) is 58.6 Å². The third-order valence-corrected chi connectivity index (χ3v) is 4.82. The summed E-state index contributed by atoms with van der Waals surface area (Å²) in [6, 6.07) is 10.8. The van der Waals surface area contributed by atoms with Gasteiger partial charge in [-0.05, 0) is 68.1 Å². The van der Waals surface area contributed by atoms with Gasteiger partial charge in [0.25, 0.3) is 5.91 Å². The second kappa shape index (κ2) is 10.6. The molecule has 2 aromatic carbocycles. The van der Waals surface area contributed by atoms with Gasteiger partial charge in [0.2, 0.25) is 5.91 Å². The Morgan fingerprint density at radius 1 is 1.10 bits per heavy atom. The van der Waals surface area contributed by atoms with Crippen LogP contribution in [-0.4, -0.2) is 35.9 Å². The molecule has 0 unspecified atom stereocenters. The van der Waals surface area contributed by atoms with Crippen LogP contribution in [0, 0.1) is 19.7 Å². The number of rotatable bonds is 9. The molecular weight excluding hydrogens is 371 g/mol. The van der Waals surface area contributed by atoms with E-state index in [2.05, 4.69) is 5.32 Å². The highest BCUT2D eigenvalue weighted by atomic mass is 19.1. The van der Waals surface area contributed by atoms with Gasteiger partial charge in [-0.1, -0.05) is 25.1 Å². The summed E-state index contributed by atoms with van der Waals surface area (Å²) in [5.41, 5.74) is 2.95. The average Bonchev–Trinajstić information content (AvgIpc) is 2.71. The molecule has 2 aromatic rings. The maximum Gasteiger partial charge on any atom is 0.261 e. The second-order valence-electron chi connectivity index (χ2n) is 7.15. The number of halogens is 1. The molecule has 0 aliphatic carbocycles. The van der Waals surface area contributed by atoms with Crippen molar-refractivity contribution in [3.63, 3.8) is 0 Å². The molecule has 1 atom stereocenters. The van der Waals surface area contributed by atoms with E-state index in [1.54, 1.807) is 19.1 Å². The predicted octanol–water partition coefficient (Wildman–Crippen LogP) is 3.76. The highest BCUT2D eigenvalue weighted by Gasteiger charge is 2.26. The molecule has 0 fully saturated rings. The van der Waals surface area contributed by atoms with Crippen LogP contribution in [0.4, 0.5) is 4.39 Å². The molecule has 156 valence electrons. The van der Waals surface area contributed by atoms with E-state index >= 15 is 0 Å². The van der Waals surface area contributed by atoms with Crippen molar-refractivity contribution in [3.8, 4) is 5.75 Å². The maximum atomic E-state index is 13.2. The molecule has 6 heteroatoms. The van der Waals surface area contributed by atoms with Gasteiger partial charge in [0.1, 0.15) is 17.6 Å². The molecule has 0 bridgehead atoms. The Labute approximate surface area is 171 Å². The van der Waals surface area contributed by atoms with Crippen molar-refractivity contribution in [2.75, 3.05) is 13.2 Å². The third kappa shape index (κ3) is 6.59. The van der Waals surface area contributed by atoms with Crippen LogP contribution in [-0.2, 0) is 16.1 Å². The van der Waals surface area contributed by atoms with Crippen molar-refractivity contribution in [1.82, 2.24) is 10.2 Å². The Morgan fingerprint density at radius 2 is 1.79 bits per heavy atom. The van der Waals surface area contributed by atoms with Crippen molar-refractivity contribution < 1.29 is 18.7 Å². The van der Waals surface area contributed by atoms with Crippen LogP contribution in [0.2, 0.25) is 0 Å². The van der Waals surface area contributed by atoms with E-state index < -0.39 is 6.04 Å². The first-order valence-electron chi connectivity index (χ1n) is 9.83. The largest absolute Gasteiger partial charge is 0.484 e. The first-order valence-corrected chi connectivity index (χ1v) is 9.83. The van der Waals surface area contributed by atoms with Crippen molar-refractivity contribution in [1.29, 1.82) is 0 Å². The van der Waals surface area contributed by atoms with Gasteiger partial charge < -0.3 is 15.0 Å².